The van der Waals surface area contributed by atoms with Crippen LogP contribution in [0.2, 0.25) is 5.02 Å². The van der Waals surface area contributed by atoms with Crippen molar-refractivity contribution in [3.8, 4) is 0 Å². The number of benzene rings is 1. The molecule has 24 heavy (non-hydrogen) atoms. The average molecular weight is 345 g/mol. The van der Waals surface area contributed by atoms with Gasteiger partial charge in [-0.3, -0.25) is 0 Å². The van der Waals surface area contributed by atoms with Crippen LogP contribution in [-0.4, -0.2) is 41.1 Å². The summed E-state index contributed by atoms with van der Waals surface area (Å²) in [6, 6.07) is 7.57. The molecule has 0 saturated carbocycles. The molecule has 0 atom stereocenters. The topological polar surface area (TPSA) is 57.2 Å². The monoisotopic (exact) mass is 344 g/mol. The van der Waals surface area contributed by atoms with Crippen LogP contribution in [0.3, 0.4) is 0 Å². The van der Waals surface area contributed by atoms with Crippen LogP contribution in [-0.2, 0) is 0 Å². The van der Waals surface area contributed by atoms with Crippen molar-refractivity contribution in [1.82, 2.24) is 15.0 Å². The number of hydrogen-bond acceptors (Lipinski definition) is 6. The quantitative estimate of drug-likeness (QED) is 0.916. The highest BCUT2D eigenvalue weighted by atomic mass is 35.5. The highest BCUT2D eigenvalue weighted by molar-refractivity contribution is 6.30. The van der Waals surface area contributed by atoms with Crippen molar-refractivity contribution in [2.45, 2.75) is 25.7 Å². The standard InChI is InChI=1S/C17H21ClN6/c18-13-5-7-14(8-6-13)19-15-20-16(23-9-1-2-10-23)22-17(21-15)24-11-3-4-12-24/h5-8H,1-4,9-12H2,(H,19,20,21,22). The summed E-state index contributed by atoms with van der Waals surface area (Å²) in [6.45, 7) is 4.07. The number of halogens is 1. The normalized spacial score (nSPS) is 17.5. The zero-order valence-corrected chi connectivity index (χ0v) is 14.3. The number of nitrogens with zero attached hydrogens (tertiary/aromatic N) is 5. The fraction of sp³-hybridized carbons (Fsp3) is 0.471. The smallest absolute Gasteiger partial charge is 0.233 e. The summed E-state index contributed by atoms with van der Waals surface area (Å²) in [5, 5.41) is 4.00. The first-order valence-electron chi connectivity index (χ1n) is 8.56. The van der Waals surface area contributed by atoms with E-state index >= 15 is 0 Å². The van der Waals surface area contributed by atoms with E-state index in [1.54, 1.807) is 0 Å². The van der Waals surface area contributed by atoms with Crippen molar-refractivity contribution >= 4 is 35.1 Å². The highest BCUT2D eigenvalue weighted by Gasteiger charge is 2.21. The Balaban J connectivity index is 1.64. The second-order valence-corrected chi connectivity index (χ2v) is 6.72. The molecule has 0 amide bonds. The fourth-order valence-electron chi connectivity index (χ4n) is 3.19. The minimum atomic E-state index is 0.594. The summed E-state index contributed by atoms with van der Waals surface area (Å²) in [4.78, 5) is 18.5. The molecule has 1 aromatic heterocycles. The van der Waals surface area contributed by atoms with Crippen molar-refractivity contribution in [3.63, 3.8) is 0 Å². The van der Waals surface area contributed by atoms with Gasteiger partial charge in [-0.05, 0) is 49.9 Å². The maximum absolute atomic E-state index is 5.95. The summed E-state index contributed by atoms with van der Waals surface area (Å²) in [7, 11) is 0. The van der Waals surface area contributed by atoms with Crippen molar-refractivity contribution < 1.29 is 0 Å². The predicted octanol–water partition coefficient (Wildman–Crippen LogP) is 3.47. The van der Waals surface area contributed by atoms with E-state index < -0.39 is 0 Å². The van der Waals surface area contributed by atoms with Gasteiger partial charge < -0.3 is 15.1 Å². The number of anilines is 4. The molecule has 7 heteroatoms. The van der Waals surface area contributed by atoms with Crippen molar-refractivity contribution in [3.05, 3.63) is 29.3 Å². The molecular weight excluding hydrogens is 324 g/mol. The van der Waals surface area contributed by atoms with E-state index in [4.69, 9.17) is 16.6 Å². The zero-order valence-electron chi connectivity index (χ0n) is 13.6. The van der Waals surface area contributed by atoms with Crippen LogP contribution in [0.25, 0.3) is 0 Å². The number of nitrogens with one attached hydrogen (secondary N) is 1. The Bertz CT molecular complexity index is 658. The Morgan fingerprint density at radius 2 is 1.25 bits per heavy atom. The van der Waals surface area contributed by atoms with Gasteiger partial charge in [0.25, 0.3) is 0 Å². The molecule has 2 aliphatic heterocycles. The van der Waals surface area contributed by atoms with Crippen LogP contribution in [0.1, 0.15) is 25.7 Å². The summed E-state index contributed by atoms with van der Waals surface area (Å²) >= 11 is 5.95. The lowest BCUT2D eigenvalue weighted by Crippen LogP contribution is -2.25. The minimum Gasteiger partial charge on any atom is -0.341 e. The molecule has 6 nitrogen and oxygen atoms in total. The second kappa shape index (κ2) is 6.81. The van der Waals surface area contributed by atoms with Crippen molar-refractivity contribution in [2.75, 3.05) is 41.3 Å². The molecule has 0 unspecified atom stereocenters. The predicted molar refractivity (Wildman–Crippen MR) is 97.5 cm³/mol. The largest absolute Gasteiger partial charge is 0.341 e. The third-order valence-electron chi connectivity index (χ3n) is 4.49. The van der Waals surface area contributed by atoms with Crippen molar-refractivity contribution in [2.24, 2.45) is 0 Å². The summed E-state index contributed by atoms with van der Waals surface area (Å²) in [5.41, 5.74) is 0.922. The number of rotatable bonds is 4. The van der Waals surface area contributed by atoms with Crippen LogP contribution in [0.15, 0.2) is 24.3 Å². The Labute approximate surface area is 146 Å². The molecule has 4 rings (SSSR count). The molecule has 0 radical (unpaired) electrons. The summed E-state index contributed by atoms with van der Waals surface area (Å²) in [6.07, 6.45) is 4.80. The van der Waals surface area contributed by atoms with Crippen molar-refractivity contribution in [1.29, 1.82) is 0 Å². The van der Waals surface area contributed by atoms with Crippen LogP contribution in [0, 0.1) is 0 Å². The third kappa shape index (κ3) is 3.38. The second-order valence-electron chi connectivity index (χ2n) is 6.28. The number of aromatic nitrogens is 3. The lowest BCUT2D eigenvalue weighted by molar-refractivity contribution is 0.841. The molecule has 0 aliphatic carbocycles. The average Bonchev–Trinajstić information content (AvgIpc) is 3.30. The molecule has 1 N–H and O–H groups in total. The van der Waals surface area contributed by atoms with Gasteiger partial charge in [0.1, 0.15) is 0 Å². The van der Waals surface area contributed by atoms with Gasteiger partial charge in [-0.25, -0.2) is 0 Å². The molecule has 0 spiro atoms. The van der Waals surface area contributed by atoms with E-state index in [9.17, 15) is 0 Å². The molecule has 2 fully saturated rings. The van der Waals surface area contributed by atoms with Gasteiger partial charge in [-0.15, -0.1) is 0 Å². The lowest BCUT2D eigenvalue weighted by atomic mass is 10.3. The molecule has 0 bridgehead atoms. The zero-order chi connectivity index (χ0) is 16.4. The van der Waals surface area contributed by atoms with Gasteiger partial charge in [-0.1, -0.05) is 11.6 Å². The van der Waals surface area contributed by atoms with Gasteiger partial charge >= 0.3 is 0 Å². The van der Waals surface area contributed by atoms with Gasteiger partial charge in [0.15, 0.2) is 0 Å². The molecule has 1 aromatic carbocycles. The molecule has 3 heterocycles. The number of hydrogen-bond donors (Lipinski definition) is 1. The first kappa shape index (κ1) is 15.4. The van der Waals surface area contributed by atoms with E-state index in [1.165, 1.54) is 25.7 Å². The van der Waals surface area contributed by atoms with Gasteiger partial charge in [0.05, 0.1) is 0 Å². The first-order chi connectivity index (χ1) is 11.8. The van der Waals surface area contributed by atoms with Crippen LogP contribution in [0.5, 0.6) is 0 Å². The fourth-order valence-corrected chi connectivity index (χ4v) is 3.32. The highest BCUT2D eigenvalue weighted by Crippen LogP contribution is 2.24. The minimum absolute atomic E-state index is 0.594. The third-order valence-corrected chi connectivity index (χ3v) is 4.74. The van der Waals surface area contributed by atoms with E-state index in [0.29, 0.717) is 11.0 Å². The van der Waals surface area contributed by atoms with Gasteiger partial charge in [-0.2, -0.15) is 15.0 Å². The van der Waals surface area contributed by atoms with Gasteiger partial charge in [0.2, 0.25) is 17.8 Å². The Morgan fingerprint density at radius 1 is 0.750 bits per heavy atom. The Kier molecular flexibility index (Phi) is 4.38. The van der Waals surface area contributed by atoms with E-state index in [-0.39, 0.29) is 0 Å². The maximum Gasteiger partial charge on any atom is 0.233 e. The van der Waals surface area contributed by atoms with E-state index in [2.05, 4.69) is 25.1 Å². The van der Waals surface area contributed by atoms with E-state index in [1.807, 2.05) is 24.3 Å². The first-order valence-corrected chi connectivity index (χ1v) is 8.94. The van der Waals surface area contributed by atoms with Crippen LogP contribution < -0.4 is 15.1 Å². The van der Waals surface area contributed by atoms with Gasteiger partial charge in [0, 0.05) is 36.9 Å². The van der Waals surface area contributed by atoms with Crippen LogP contribution >= 0.6 is 11.6 Å². The van der Waals surface area contributed by atoms with Crippen LogP contribution in [0.4, 0.5) is 23.5 Å². The Morgan fingerprint density at radius 3 is 1.75 bits per heavy atom. The SMILES string of the molecule is Clc1ccc(Nc2nc(N3CCCC3)nc(N3CCCC3)n2)cc1. The summed E-state index contributed by atoms with van der Waals surface area (Å²) < 4.78 is 0. The Hall–Kier alpha value is -2.08. The maximum atomic E-state index is 5.95. The lowest BCUT2D eigenvalue weighted by Gasteiger charge is -2.20. The molecular formula is C17H21ClN6. The molecule has 126 valence electrons. The molecule has 2 aromatic rings. The molecule has 2 saturated heterocycles. The molecule has 2 aliphatic rings. The van der Waals surface area contributed by atoms with E-state index in [0.717, 1.165) is 43.8 Å². The summed E-state index contributed by atoms with van der Waals surface area (Å²) in [5.74, 6) is 2.15.